The van der Waals surface area contributed by atoms with Gasteiger partial charge < -0.3 is 9.80 Å². The number of anilines is 1. The molecular weight excluding hydrogens is 252 g/mol. The van der Waals surface area contributed by atoms with E-state index in [4.69, 9.17) is 0 Å². The normalized spacial score (nSPS) is 19.4. The number of nitrogens with zero attached hydrogens (tertiary/aromatic N) is 6. The quantitative estimate of drug-likeness (QED) is 0.843. The summed E-state index contributed by atoms with van der Waals surface area (Å²) in [7, 11) is 2.20. The Hall–Kier alpha value is -1.69. The fourth-order valence-electron chi connectivity index (χ4n) is 2.94. The second-order valence-electron chi connectivity index (χ2n) is 5.58. The fraction of sp³-hybridized carbons (Fsp3) is 0.643. The molecule has 0 aliphatic carbocycles. The Morgan fingerprint density at radius 2 is 2.20 bits per heavy atom. The molecule has 0 radical (unpaired) electrons. The van der Waals surface area contributed by atoms with Crippen molar-refractivity contribution < 1.29 is 0 Å². The van der Waals surface area contributed by atoms with Gasteiger partial charge >= 0.3 is 0 Å². The standard InChI is InChI=1S/C14H22N6/c1-5-18(4)12-6-7-19(8-12)13-10(2)11(3)17-14-15-9-16-20(13)14/h9,12H,5-8H2,1-4H3. The Labute approximate surface area is 119 Å². The number of aromatic nitrogens is 4. The maximum Gasteiger partial charge on any atom is 0.254 e. The van der Waals surface area contributed by atoms with Gasteiger partial charge in [-0.3, -0.25) is 0 Å². The summed E-state index contributed by atoms with van der Waals surface area (Å²) in [5.74, 6) is 1.84. The summed E-state index contributed by atoms with van der Waals surface area (Å²) in [6.45, 7) is 9.57. The third-order valence-corrected chi connectivity index (χ3v) is 4.46. The first-order chi connectivity index (χ1) is 9.61. The first-order valence-electron chi connectivity index (χ1n) is 7.24. The molecule has 3 heterocycles. The SMILES string of the molecule is CCN(C)C1CCN(c2c(C)c(C)nc3ncnn23)C1. The van der Waals surface area contributed by atoms with Crippen molar-refractivity contribution in [2.75, 3.05) is 31.6 Å². The van der Waals surface area contributed by atoms with Crippen molar-refractivity contribution >= 4 is 11.6 Å². The minimum atomic E-state index is 0.617. The summed E-state index contributed by atoms with van der Waals surface area (Å²) >= 11 is 0. The minimum absolute atomic E-state index is 0.617. The van der Waals surface area contributed by atoms with Crippen LogP contribution in [0.4, 0.5) is 5.82 Å². The molecule has 108 valence electrons. The maximum atomic E-state index is 4.49. The predicted octanol–water partition coefficient (Wildman–Crippen LogP) is 1.27. The van der Waals surface area contributed by atoms with E-state index in [1.807, 2.05) is 11.4 Å². The topological polar surface area (TPSA) is 49.6 Å². The van der Waals surface area contributed by atoms with Crippen LogP contribution >= 0.6 is 0 Å². The highest BCUT2D eigenvalue weighted by molar-refractivity contribution is 5.54. The van der Waals surface area contributed by atoms with E-state index in [9.17, 15) is 0 Å². The summed E-state index contributed by atoms with van der Waals surface area (Å²) in [5, 5.41) is 4.34. The monoisotopic (exact) mass is 274 g/mol. The highest BCUT2D eigenvalue weighted by Gasteiger charge is 2.28. The van der Waals surface area contributed by atoms with Crippen molar-refractivity contribution in [3.8, 4) is 0 Å². The lowest BCUT2D eigenvalue weighted by Gasteiger charge is -2.25. The predicted molar refractivity (Wildman–Crippen MR) is 79.2 cm³/mol. The Kier molecular flexibility index (Phi) is 3.33. The average molecular weight is 274 g/mol. The van der Waals surface area contributed by atoms with Crippen molar-refractivity contribution in [1.29, 1.82) is 0 Å². The van der Waals surface area contributed by atoms with Gasteiger partial charge in [0.05, 0.1) is 0 Å². The van der Waals surface area contributed by atoms with E-state index in [0.717, 1.165) is 31.1 Å². The van der Waals surface area contributed by atoms with E-state index < -0.39 is 0 Å². The first kappa shape index (κ1) is 13.3. The average Bonchev–Trinajstić information content (AvgIpc) is 3.08. The summed E-state index contributed by atoms with van der Waals surface area (Å²) in [6.07, 6.45) is 2.78. The van der Waals surface area contributed by atoms with Crippen molar-refractivity contribution in [2.24, 2.45) is 0 Å². The van der Waals surface area contributed by atoms with Gasteiger partial charge in [-0.2, -0.15) is 14.6 Å². The molecule has 0 N–H and O–H groups in total. The van der Waals surface area contributed by atoms with Gasteiger partial charge in [0, 0.05) is 30.4 Å². The number of aryl methyl sites for hydroxylation is 1. The zero-order valence-electron chi connectivity index (χ0n) is 12.7. The Balaban J connectivity index is 1.98. The number of hydrogen-bond donors (Lipinski definition) is 0. The number of likely N-dealkylation sites (N-methyl/N-ethyl adjacent to an activating group) is 1. The second-order valence-corrected chi connectivity index (χ2v) is 5.58. The molecule has 6 heteroatoms. The lowest BCUT2D eigenvalue weighted by atomic mass is 10.2. The molecule has 0 saturated carbocycles. The largest absolute Gasteiger partial charge is 0.355 e. The Morgan fingerprint density at radius 3 is 2.95 bits per heavy atom. The summed E-state index contributed by atoms with van der Waals surface area (Å²) < 4.78 is 1.87. The first-order valence-corrected chi connectivity index (χ1v) is 7.24. The zero-order valence-corrected chi connectivity index (χ0v) is 12.7. The van der Waals surface area contributed by atoms with E-state index in [2.05, 4.69) is 45.8 Å². The number of rotatable bonds is 3. The van der Waals surface area contributed by atoms with Gasteiger partial charge in [0.15, 0.2) is 0 Å². The molecule has 1 aliphatic rings. The minimum Gasteiger partial charge on any atom is -0.355 e. The van der Waals surface area contributed by atoms with Gasteiger partial charge in [0.25, 0.3) is 5.78 Å². The maximum absolute atomic E-state index is 4.49. The molecule has 2 aromatic heterocycles. The molecule has 0 spiro atoms. The number of fused-ring (bicyclic) bond motifs is 1. The van der Waals surface area contributed by atoms with Crippen LogP contribution in [0.1, 0.15) is 24.6 Å². The summed E-state index contributed by atoms with van der Waals surface area (Å²) in [6, 6.07) is 0.617. The molecule has 6 nitrogen and oxygen atoms in total. The van der Waals surface area contributed by atoms with Crippen LogP contribution in [0.25, 0.3) is 5.78 Å². The van der Waals surface area contributed by atoms with Crippen LogP contribution < -0.4 is 4.90 Å². The van der Waals surface area contributed by atoms with E-state index in [-0.39, 0.29) is 0 Å². The fourth-order valence-corrected chi connectivity index (χ4v) is 2.94. The smallest absolute Gasteiger partial charge is 0.254 e. The van der Waals surface area contributed by atoms with Crippen LogP contribution in [-0.4, -0.2) is 57.2 Å². The van der Waals surface area contributed by atoms with E-state index >= 15 is 0 Å². The summed E-state index contributed by atoms with van der Waals surface area (Å²) in [4.78, 5) is 13.6. The molecule has 1 unspecified atom stereocenters. The molecule has 3 rings (SSSR count). The summed E-state index contributed by atoms with van der Waals surface area (Å²) in [5.41, 5.74) is 2.23. The molecule has 2 aromatic rings. The van der Waals surface area contributed by atoms with Crippen molar-refractivity contribution in [1.82, 2.24) is 24.5 Å². The highest BCUT2D eigenvalue weighted by atomic mass is 15.4. The Morgan fingerprint density at radius 1 is 1.40 bits per heavy atom. The van der Waals surface area contributed by atoms with E-state index in [0.29, 0.717) is 11.8 Å². The van der Waals surface area contributed by atoms with Crippen LogP contribution in [0.15, 0.2) is 6.33 Å². The third-order valence-electron chi connectivity index (χ3n) is 4.46. The molecule has 1 aliphatic heterocycles. The van der Waals surface area contributed by atoms with Crippen LogP contribution in [-0.2, 0) is 0 Å². The lowest BCUT2D eigenvalue weighted by molar-refractivity contribution is 0.272. The third kappa shape index (κ3) is 2.04. The number of hydrogen-bond acceptors (Lipinski definition) is 5. The van der Waals surface area contributed by atoms with Gasteiger partial charge in [-0.1, -0.05) is 6.92 Å². The van der Waals surface area contributed by atoms with Crippen LogP contribution in [0.2, 0.25) is 0 Å². The van der Waals surface area contributed by atoms with Gasteiger partial charge in [-0.15, -0.1) is 0 Å². The molecule has 0 bridgehead atoms. The Bertz CT molecular complexity index is 619. The molecule has 0 aromatic carbocycles. The van der Waals surface area contributed by atoms with Gasteiger partial charge in [-0.25, -0.2) is 4.98 Å². The zero-order chi connectivity index (χ0) is 14.3. The molecule has 1 atom stereocenters. The van der Waals surface area contributed by atoms with Crippen molar-refractivity contribution in [3.05, 3.63) is 17.6 Å². The molecule has 1 fully saturated rings. The van der Waals surface area contributed by atoms with Gasteiger partial charge in [0.2, 0.25) is 0 Å². The second kappa shape index (κ2) is 5.01. The van der Waals surface area contributed by atoms with Crippen molar-refractivity contribution in [2.45, 2.75) is 33.2 Å². The van der Waals surface area contributed by atoms with Gasteiger partial charge in [-0.05, 0) is 33.9 Å². The van der Waals surface area contributed by atoms with Crippen LogP contribution in [0.5, 0.6) is 0 Å². The molecule has 1 saturated heterocycles. The lowest BCUT2D eigenvalue weighted by Crippen LogP contribution is -2.35. The van der Waals surface area contributed by atoms with Crippen LogP contribution in [0.3, 0.4) is 0 Å². The van der Waals surface area contributed by atoms with Gasteiger partial charge in [0.1, 0.15) is 12.1 Å². The highest BCUT2D eigenvalue weighted by Crippen LogP contribution is 2.27. The van der Waals surface area contributed by atoms with Crippen LogP contribution in [0, 0.1) is 13.8 Å². The molecule has 20 heavy (non-hydrogen) atoms. The molecular formula is C14H22N6. The van der Waals surface area contributed by atoms with E-state index in [1.165, 1.54) is 12.0 Å². The van der Waals surface area contributed by atoms with E-state index in [1.54, 1.807) is 6.33 Å². The molecule has 0 amide bonds. The van der Waals surface area contributed by atoms with Crippen molar-refractivity contribution in [3.63, 3.8) is 0 Å².